The fourth-order valence-corrected chi connectivity index (χ4v) is 1.04. The first-order chi connectivity index (χ1) is 4.83. The zero-order valence-corrected chi connectivity index (χ0v) is 6.67. The summed E-state index contributed by atoms with van der Waals surface area (Å²) in [5, 5.41) is 1.97. The van der Waals surface area contributed by atoms with Gasteiger partial charge in [-0.3, -0.25) is 4.84 Å². The summed E-state index contributed by atoms with van der Waals surface area (Å²) in [4.78, 5) is 5.42. The molecule has 60 valence electrons. The maximum absolute atomic E-state index is 5.42. The molecule has 0 aliphatic carbocycles. The first-order valence-electron chi connectivity index (χ1n) is 3.73. The quantitative estimate of drug-likeness (QED) is 0.582. The van der Waals surface area contributed by atoms with E-state index in [9.17, 15) is 0 Å². The van der Waals surface area contributed by atoms with Crippen LogP contribution in [0.5, 0.6) is 0 Å². The molecule has 0 unspecified atom stereocenters. The van der Waals surface area contributed by atoms with Crippen molar-refractivity contribution in [1.82, 2.24) is 5.06 Å². The van der Waals surface area contributed by atoms with Gasteiger partial charge in [0, 0.05) is 20.2 Å². The van der Waals surface area contributed by atoms with Crippen molar-refractivity contribution in [3.8, 4) is 0 Å². The van der Waals surface area contributed by atoms with E-state index < -0.39 is 0 Å². The third kappa shape index (κ3) is 2.25. The fraction of sp³-hybridized carbons (Fsp3) is 1.00. The lowest BCUT2D eigenvalue weighted by atomic mass is 10.3. The summed E-state index contributed by atoms with van der Waals surface area (Å²) in [5.74, 6) is 0. The van der Waals surface area contributed by atoms with Gasteiger partial charge in [0.15, 0.2) is 0 Å². The number of hydrogen-bond donors (Lipinski definition) is 0. The highest BCUT2D eigenvalue weighted by Crippen LogP contribution is 2.11. The summed E-state index contributed by atoms with van der Waals surface area (Å²) in [6.07, 6.45) is 1.54. The van der Waals surface area contributed by atoms with E-state index in [4.69, 9.17) is 9.57 Å². The lowest BCUT2D eigenvalue weighted by Crippen LogP contribution is -2.23. The molecule has 0 amide bonds. The number of hydrogen-bond acceptors (Lipinski definition) is 3. The zero-order valence-electron chi connectivity index (χ0n) is 6.67. The molecule has 10 heavy (non-hydrogen) atoms. The normalized spacial score (nSPS) is 27.6. The van der Waals surface area contributed by atoms with E-state index >= 15 is 0 Å². The number of hydroxylamine groups is 2. The third-order valence-corrected chi connectivity index (χ3v) is 1.66. The number of methoxy groups -OCH3 is 1. The van der Waals surface area contributed by atoms with Crippen LogP contribution in [0.15, 0.2) is 0 Å². The first kappa shape index (κ1) is 7.98. The van der Waals surface area contributed by atoms with Gasteiger partial charge in [-0.05, 0) is 13.3 Å². The second kappa shape index (κ2) is 3.91. The molecule has 0 aromatic rings. The van der Waals surface area contributed by atoms with Gasteiger partial charge >= 0.3 is 0 Å². The molecule has 1 saturated heterocycles. The molecule has 0 N–H and O–H groups in total. The van der Waals surface area contributed by atoms with Crippen molar-refractivity contribution >= 4 is 0 Å². The van der Waals surface area contributed by atoms with Gasteiger partial charge in [-0.25, -0.2) is 0 Å². The average Bonchev–Trinajstić information content (AvgIpc) is 2.31. The molecule has 0 saturated carbocycles. The lowest BCUT2D eigenvalue weighted by molar-refractivity contribution is -0.146. The largest absolute Gasteiger partial charge is 0.383 e. The van der Waals surface area contributed by atoms with Gasteiger partial charge in [-0.1, -0.05) is 0 Å². The van der Waals surface area contributed by atoms with Gasteiger partial charge in [-0.2, -0.15) is 5.06 Å². The molecule has 3 heteroatoms. The van der Waals surface area contributed by atoms with Crippen molar-refractivity contribution < 1.29 is 9.57 Å². The van der Waals surface area contributed by atoms with E-state index in [1.807, 2.05) is 5.06 Å². The Bertz CT molecular complexity index is 97.6. The number of rotatable bonds is 3. The summed E-state index contributed by atoms with van der Waals surface area (Å²) in [5.41, 5.74) is 0. The minimum absolute atomic E-state index is 0.400. The lowest BCUT2D eigenvalue weighted by Gasteiger charge is -2.13. The summed E-state index contributed by atoms with van der Waals surface area (Å²) >= 11 is 0. The predicted molar refractivity (Wildman–Crippen MR) is 38.6 cm³/mol. The molecule has 1 aliphatic heterocycles. The fourth-order valence-electron chi connectivity index (χ4n) is 1.04. The van der Waals surface area contributed by atoms with E-state index in [1.54, 1.807) is 7.11 Å². The summed E-state index contributed by atoms with van der Waals surface area (Å²) in [6, 6.07) is 0. The molecule has 1 heterocycles. The second-order valence-electron chi connectivity index (χ2n) is 2.63. The van der Waals surface area contributed by atoms with Crippen LogP contribution in [0.2, 0.25) is 0 Å². The predicted octanol–water partition coefficient (Wildman–Crippen LogP) is 0.659. The molecule has 1 fully saturated rings. The van der Waals surface area contributed by atoms with Gasteiger partial charge in [0.1, 0.15) is 0 Å². The highest BCUT2D eigenvalue weighted by Gasteiger charge is 2.18. The minimum atomic E-state index is 0.400. The minimum Gasteiger partial charge on any atom is -0.383 e. The molecular formula is C7H15NO2. The Morgan fingerprint density at radius 3 is 3.00 bits per heavy atom. The van der Waals surface area contributed by atoms with Crippen molar-refractivity contribution in [1.29, 1.82) is 0 Å². The van der Waals surface area contributed by atoms with Crippen LogP contribution in [-0.2, 0) is 9.57 Å². The van der Waals surface area contributed by atoms with Crippen molar-refractivity contribution in [3.05, 3.63) is 0 Å². The smallest absolute Gasteiger partial charge is 0.0778 e. The van der Waals surface area contributed by atoms with Crippen LogP contribution in [0.25, 0.3) is 0 Å². The SMILES string of the molecule is COCCN1CC[C@H](C)O1. The van der Waals surface area contributed by atoms with Gasteiger partial charge < -0.3 is 4.74 Å². The monoisotopic (exact) mass is 145 g/mol. The van der Waals surface area contributed by atoms with Crippen LogP contribution in [0.1, 0.15) is 13.3 Å². The molecule has 0 spiro atoms. The van der Waals surface area contributed by atoms with Crippen molar-refractivity contribution in [2.45, 2.75) is 19.4 Å². The van der Waals surface area contributed by atoms with E-state index in [1.165, 1.54) is 0 Å². The van der Waals surface area contributed by atoms with E-state index in [0.717, 1.165) is 26.1 Å². The van der Waals surface area contributed by atoms with Crippen LogP contribution in [-0.4, -0.2) is 38.0 Å². The van der Waals surface area contributed by atoms with Crippen molar-refractivity contribution in [3.63, 3.8) is 0 Å². The Kier molecular flexibility index (Phi) is 3.12. The summed E-state index contributed by atoms with van der Waals surface area (Å²) < 4.78 is 4.92. The maximum Gasteiger partial charge on any atom is 0.0778 e. The second-order valence-corrected chi connectivity index (χ2v) is 2.63. The molecule has 0 aromatic heterocycles. The molecule has 1 rings (SSSR count). The van der Waals surface area contributed by atoms with Gasteiger partial charge in [0.2, 0.25) is 0 Å². The Hall–Kier alpha value is -0.120. The average molecular weight is 145 g/mol. The zero-order chi connectivity index (χ0) is 7.40. The highest BCUT2D eigenvalue weighted by molar-refractivity contribution is 4.60. The van der Waals surface area contributed by atoms with Crippen LogP contribution in [0, 0.1) is 0 Å². The van der Waals surface area contributed by atoms with E-state index in [0.29, 0.717) is 6.10 Å². The standard InChI is InChI=1S/C7H15NO2/c1-7-3-4-8(10-7)5-6-9-2/h7H,3-6H2,1-2H3/t7-/m0/s1. The van der Waals surface area contributed by atoms with Crippen molar-refractivity contribution in [2.24, 2.45) is 0 Å². The van der Waals surface area contributed by atoms with Gasteiger partial charge in [-0.15, -0.1) is 0 Å². The molecule has 1 aliphatic rings. The number of nitrogens with zero attached hydrogens (tertiary/aromatic N) is 1. The molecular weight excluding hydrogens is 130 g/mol. The molecule has 1 atom stereocenters. The molecule has 0 radical (unpaired) electrons. The topological polar surface area (TPSA) is 21.7 Å². The van der Waals surface area contributed by atoms with Crippen LogP contribution >= 0.6 is 0 Å². The Balaban J connectivity index is 2.06. The van der Waals surface area contributed by atoms with Crippen LogP contribution in [0.3, 0.4) is 0 Å². The summed E-state index contributed by atoms with van der Waals surface area (Å²) in [7, 11) is 1.71. The Morgan fingerprint density at radius 1 is 1.70 bits per heavy atom. The van der Waals surface area contributed by atoms with Crippen LogP contribution in [0.4, 0.5) is 0 Å². The Labute approximate surface area is 61.9 Å². The number of ether oxygens (including phenoxy) is 1. The maximum atomic E-state index is 5.42. The Morgan fingerprint density at radius 2 is 2.50 bits per heavy atom. The first-order valence-corrected chi connectivity index (χ1v) is 3.73. The highest BCUT2D eigenvalue weighted by atomic mass is 16.7. The van der Waals surface area contributed by atoms with Crippen LogP contribution < -0.4 is 0 Å². The summed E-state index contributed by atoms with van der Waals surface area (Å²) in [6.45, 7) is 4.78. The molecule has 0 aromatic carbocycles. The van der Waals surface area contributed by atoms with Gasteiger partial charge in [0.25, 0.3) is 0 Å². The molecule has 0 bridgehead atoms. The third-order valence-electron chi connectivity index (χ3n) is 1.66. The van der Waals surface area contributed by atoms with Gasteiger partial charge in [0.05, 0.1) is 12.7 Å². The molecule has 3 nitrogen and oxygen atoms in total. The van der Waals surface area contributed by atoms with E-state index in [-0.39, 0.29) is 0 Å². The van der Waals surface area contributed by atoms with E-state index in [2.05, 4.69) is 6.92 Å². The van der Waals surface area contributed by atoms with Crippen molar-refractivity contribution in [2.75, 3.05) is 26.8 Å².